The molecule has 9 heteroatoms. The maximum absolute atomic E-state index is 12.3. The number of carbonyl (C=O) groups excluding carboxylic acids is 1. The molecule has 146 valence electrons. The SMILES string of the molecule is O=C(Cc1ccc(Cl)cc1)NCc1nnc2c(-c3nc(C4CC4)no3)cccn12. The fourth-order valence-corrected chi connectivity index (χ4v) is 3.26. The highest BCUT2D eigenvalue weighted by molar-refractivity contribution is 6.30. The van der Waals surface area contributed by atoms with E-state index in [-0.39, 0.29) is 18.9 Å². The first-order valence-electron chi connectivity index (χ1n) is 9.35. The van der Waals surface area contributed by atoms with Crippen molar-refractivity contribution in [2.24, 2.45) is 0 Å². The van der Waals surface area contributed by atoms with Gasteiger partial charge in [0.1, 0.15) is 0 Å². The van der Waals surface area contributed by atoms with Crippen molar-refractivity contribution in [3.63, 3.8) is 0 Å². The highest BCUT2D eigenvalue weighted by Crippen LogP contribution is 2.39. The van der Waals surface area contributed by atoms with Gasteiger partial charge in [-0.05, 0) is 42.7 Å². The molecule has 1 aliphatic rings. The summed E-state index contributed by atoms with van der Waals surface area (Å²) in [7, 11) is 0. The Balaban J connectivity index is 1.32. The fourth-order valence-electron chi connectivity index (χ4n) is 3.13. The van der Waals surface area contributed by atoms with Gasteiger partial charge in [-0.3, -0.25) is 9.20 Å². The fraction of sp³-hybridized carbons (Fsp3) is 0.250. The van der Waals surface area contributed by atoms with E-state index in [1.807, 2.05) is 34.9 Å². The Morgan fingerprint density at radius 1 is 1.21 bits per heavy atom. The minimum atomic E-state index is -0.105. The first kappa shape index (κ1) is 17.8. The normalized spacial score (nSPS) is 13.7. The molecule has 0 radical (unpaired) electrons. The summed E-state index contributed by atoms with van der Waals surface area (Å²) in [6, 6.07) is 10.9. The number of nitrogens with one attached hydrogen (secondary N) is 1. The molecule has 0 spiro atoms. The molecule has 0 unspecified atom stereocenters. The van der Waals surface area contributed by atoms with Crippen molar-refractivity contribution in [3.8, 4) is 11.5 Å². The van der Waals surface area contributed by atoms with E-state index >= 15 is 0 Å². The molecule has 8 nitrogen and oxygen atoms in total. The average molecular weight is 409 g/mol. The number of nitrogens with zero attached hydrogens (tertiary/aromatic N) is 5. The molecule has 0 saturated heterocycles. The standard InChI is InChI=1S/C20H17ClN6O2/c21-14-7-3-12(4-8-14)10-17(28)22-11-16-24-25-19-15(2-1-9-27(16)19)20-23-18(26-29-20)13-5-6-13/h1-4,7-9,13H,5-6,10-11H2,(H,22,28). The van der Waals surface area contributed by atoms with Gasteiger partial charge in [0.05, 0.1) is 18.5 Å². The van der Waals surface area contributed by atoms with Crippen molar-refractivity contribution in [1.29, 1.82) is 0 Å². The van der Waals surface area contributed by atoms with Gasteiger partial charge in [0.2, 0.25) is 5.91 Å². The van der Waals surface area contributed by atoms with Crippen LogP contribution in [0.25, 0.3) is 17.1 Å². The molecule has 1 fully saturated rings. The molecule has 3 heterocycles. The van der Waals surface area contributed by atoms with Crippen LogP contribution in [0.4, 0.5) is 0 Å². The molecule has 3 aromatic heterocycles. The lowest BCUT2D eigenvalue weighted by molar-refractivity contribution is -0.120. The summed E-state index contributed by atoms with van der Waals surface area (Å²) in [4.78, 5) is 16.7. The van der Waals surface area contributed by atoms with Crippen LogP contribution in [-0.2, 0) is 17.8 Å². The van der Waals surface area contributed by atoms with Crippen molar-refractivity contribution < 1.29 is 9.32 Å². The van der Waals surface area contributed by atoms with Gasteiger partial charge in [0, 0.05) is 17.1 Å². The summed E-state index contributed by atoms with van der Waals surface area (Å²) in [5.41, 5.74) is 2.22. The Labute approximate surface area is 170 Å². The van der Waals surface area contributed by atoms with E-state index in [1.54, 1.807) is 12.1 Å². The summed E-state index contributed by atoms with van der Waals surface area (Å²) in [5.74, 6) is 2.11. The molecular weight excluding hydrogens is 392 g/mol. The van der Waals surface area contributed by atoms with Gasteiger partial charge in [0.25, 0.3) is 5.89 Å². The van der Waals surface area contributed by atoms with E-state index < -0.39 is 0 Å². The first-order chi connectivity index (χ1) is 14.2. The second-order valence-electron chi connectivity index (χ2n) is 7.04. The van der Waals surface area contributed by atoms with E-state index in [2.05, 4.69) is 25.7 Å². The zero-order valence-electron chi connectivity index (χ0n) is 15.4. The topological polar surface area (TPSA) is 98.2 Å². The monoisotopic (exact) mass is 408 g/mol. The molecule has 0 bridgehead atoms. The number of aromatic nitrogens is 5. The second-order valence-corrected chi connectivity index (χ2v) is 7.48. The lowest BCUT2D eigenvalue weighted by atomic mass is 10.1. The second kappa shape index (κ2) is 7.29. The third-order valence-electron chi connectivity index (χ3n) is 4.84. The van der Waals surface area contributed by atoms with Crippen LogP contribution in [0.5, 0.6) is 0 Å². The zero-order valence-corrected chi connectivity index (χ0v) is 16.1. The Kier molecular flexibility index (Phi) is 4.48. The van der Waals surface area contributed by atoms with Gasteiger partial charge in [-0.25, -0.2) is 0 Å². The molecule has 1 aromatic carbocycles. The van der Waals surface area contributed by atoms with E-state index in [4.69, 9.17) is 16.1 Å². The van der Waals surface area contributed by atoms with Gasteiger partial charge in [0.15, 0.2) is 17.3 Å². The largest absolute Gasteiger partial charge is 0.348 e. The van der Waals surface area contributed by atoms with E-state index in [0.717, 1.165) is 29.8 Å². The number of halogens is 1. The summed E-state index contributed by atoms with van der Waals surface area (Å²) in [6.45, 7) is 0.258. The summed E-state index contributed by atoms with van der Waals surface area (Å²) in [5, 5.41) is 16.1. The predicted molar refractivity (Wildman–Crippen MR) is 105 cm³/mol. The Morgan fingerprint density at radius 3 is 2.83 bits per heavy atom. The van der Waals surface area contributed by atoms with Crippen molar-refractivity contribution in [2.45, 2.75) is 31.7 Å². The molecule has 1 N–H and O–H groups in total. The molecular formula is C20H17ClN6O2. The Bertz CT molecular complexity index is 1180. The molecule has 5 rings (SSSR count). The van der Waals surface area contributed by atoms with Crippen LogP contribution in [0.15, 0.2) is 47.1 Å². The van der Waals surface area contributed by atoms with Gasteiger partial charge in [-0.1, -0.05) is 28.9 Å². The minimum Gasteiger partial charge on any atom is -0.348 e. The first-order valence-corrected chi connectivity index (χ1v) is 9.73. The lowest BCUT2D eigenvalue weighted by Gasteiger charge is -2.05. The van der Waals surface area contributed by atoms with Crippen LogP contribution < -0.4 is 5.32 Å². The van der Waals surface area contributed by atoms with E-state index in [9.17, 15) is 4.79 Å². The molecule has 29 heavy (non-hydrogen) atoms. The number of pyridine rings is 1. The number of hydrogen-bond acceptors (Lipinski definition) is 6. The minimum absolute atomic E-state index is 0.105. The Morgan fingerprint density at radius 2 is 2.03 bits per heavy atom. The van der Waals surface area contributed by atoms with Crippen molar-refractivity contribution >= 4 is 23.2 Å². The van der Waals surface area contributed by atoms with Crippen molar-refractivity contribution in [1.82, 2.24) is 30.1 Å². The van der Waals surface area contributed by atoms with Crippen LogP contribution in [0.1, 0.15) is 36.0 Å². The van der Waals surface area contributed by atoms with E-state index in [1.165, 1.54) is 0 Å². The number of benzene rings is 1. The van der Waals surface area contributed by atoms with Gasteiger partial charge in [-0.15, -0.1) is 10.2 Å². The molecule has 1 aliphatic carbocycles. The average Bonchev–Trinajstić information content (AvgIpc) is 3.31. The van der Waals surface area contributed by atoms with Crippen LogP contribution in [-0.4, -0.2) is 30.6 Å². The van der Waals surface area contributed by atoms with Crippen LogP contribution in [0.2, 0.25) is 5.02 Å². The Hall–Kier alpha value is -3.26. The number of hydrogen-bond donors (Lipinski definition) is 1. The maximum Gasteiger partial charge on any atom is 0.261 e. The molecule has 1 amide bonds. The molecule has 0 aliphatic heterocycles. The third-order valence-corrected chi connectivity index (χ3v) is 5.09. The summed E-state index contributed by atoms with van der Waals surface area (Å²) >= 11 is 5.88. The van der Waals surface area contributed by atoms with Crippen molar-refractivity contribution in [3.05, 3.63) is 64.8 Å². The van der Waals surface area contributed by atoms with Crippen molar-refractivity contribution in [2.75, 3.05) is 0 Å². The predicted octanol–water partition coefficient (Wildman–Crippen LogP) is 3.17. The van der Waals surface area contributed by atoms with Gasteiger partial charge >= 0.3 is 0 Å². The van der Waals surface area contributed by atoms with E-state index in [0.29, 0.717) is 28.3 Å². The summed E-state index contributed by atoms with van der Waals surface area (Å²) in [6.07, 6.45) is 4.32. The smallest absolute Gasteiger partial charge is 0.261 e. The van der Waals surface area contributed by atoms with Crippen LogP contribution in [0.3, 0.4) is 0 Å². The third kappa shape index (κ3) is 3.71. The van der Waals surface area contributed by atoms with Gasteiger partial charge < -0.3 is 9.84 Å². The lowest BCUT2D eigenvalue weighted by Crippen LogP contribution is -2.25. The number of carbonyl (C=O) groups is 1. The number of fused-ring (bicyclic) bond motifs is 1. The highest BCUT2D eigenvalue weighted by atomic mass is 35.5. The molecule has 4 aromatic rings. The zero-order chi connectivity index (χ0) is 19.8. The highest BCUT2D eigenvalue weighted by Gasteiger charge is 2.29. The number of rotatable bonds is 6. The molecule has 1 saturated carbocycles. The van der Waals surface area contributed by atoms with Crippen LogP contribution >= 0.6 is 11.6 Å². The summed E-state index contributed by atoms with van der Waals surface area (Å²) < 4.78 is 7.24. The van der Waals surface area contributed by atoms with Gasteiger partial charge in [-0.2, -0.15) is 4.98 Å². The quantitative estimate of drug-likeness (QED) is 0.526. The van der Waals surface area contributed by atoms with Crippen LogP contribution in [0, 0.1) is 0 Å². The molecule has 0 atom stereocenters. The number of amides is 1. The maximum atomic E-state index is 12.3.